The lowest BCUT2D eigenvalue weighted by Gasteiger charge is -2.29. The van der Waals surface area contributed by atoms with E-state index in [1.807, 2.05) is 18.2 Å². The molecule has 0 aliphatic heterocycles. The minimum Gasteiger partial charge on any atom is -0.358 e. The van der Waals surface area contributed by atoms with Crippen molar-refractivity contribution in [1.29, 1.82) is 0 Å². The summed E-state index contributed by atoms with van der Waals surface area (Å²) in [7, 11) is 0. The van der Waals surface area contributed by atoms with Crippen molar-refractivity contribution in [2.75, 3.05) is 0 Å². The number of amides is 1. The van der Waals surface area contributed by atoms with Crippen molar-refractivity contribution in [2.45, 2.75) is 52.5 Å². The molecule has 3 rings (SSSR count). The summed E-state index contributed by atoms with van der Waals surface area (Å²) in [5, 5.41) is 4.38. The van der Waals surface area contributed by atoms with Crippen molar-refractivity contribution in [3.63, 3.8) is 0 Å². The van der Waals surface area contributed by atoms with E-state index in [2.05, 4.69) is 31.1 Å². The van der Waals surface area contributed by atoms with E-state index in [9.17, 15) is 4.79 Å². The van der Waals surface area contributed by atoms with Crippen LogP contribution in [-0.2, 0) is 0 Å². The van der Waals surface area contributed by atoms with E-state index in [0.29, 0.717) is 12.0 Å². The van der Waals surface area contributed by atoms with E-state index in [-0.39, 0.29) is 5.91 Å². The van der Waals surface area contributed by atoms with E-state index in [0.717, 1.165) is 22.9 Å². The third-order valence-corrected chi connectivity index (χ3v) is 5.00. The number of hydrogen-bond acceptors (Lipinski definition) is 1. The first-order valence-electron chi connectivity index (χ1n) is 7.96. The molecule has 3 nitrogen and oxygen atoms in total. The van der Waals surface area contributed by atoms with Crippen molar-refractivity contribution >= 4 is 16.8 Å². The molecule has 1 aromatic carbocycles. The Kier molecular flexibility index (Phi) is 3.75. The van der Waals surface area contributed by atoms with E-state index < -0.39 is 0 Å². The second kappa shape index (κ2) is 5.55. The fourth-order valence-corrected chi connectivity index (χ4v) is 3.38. The lowest BCUT2D eigenvalue weighted by molar-refractivity contribution is 0.0910. The quantitative estimate of drug-likeness (QED) is 0.857. The van der Waals surface area contributed by atoms with Crippen LogP contribution in [0.15, 0.2) is 18.2 Å². The van der Waals surface area contributed by atoms with Gasteiger partial charge in [0, 0.05) is 28.2 Å². The molecule has 1 amide bonds. The predicted molar refractivity (Wildman–Crippen MR) is 86.7 cm³/mol. The van der Waals surface area contributed by atoms with Crippen LogP contribution in [0.1, 0.15) is 54.2 Å². The summed E-state index contributed by atoms with van der Waals surface area (Å²) in [6.45, 7) is 6.41. The highest BCUT2D eigenvalue weighted by atomic mass is 16.1. The third kappa shape index (κ3) is 2.69. The summed E-state index contributed by atoms with van der Waals surface area (Å²) in [4.78, 5) is 15.8. The van der Waals surface area contributed by atoms with Gasteiger partial charge in [-0.15, -0.1) is 0 Å². The zero-order chi connectivity index (χ0) is 15.0. The maximum absolute atomic E-state index is 12.5. The molecule has 0 saturated heterocycles. The van der Waals surface area contributed by atoms with Gasteiger partial charge in [-0.3, -0.25) is 4.79 Å². The molecular formula is C18H24N2O. The number of carbonyl (C=O) groups is 1. The van der Waals surface area contributed by atoms with Crippen LogP contribution in [0, 0.1) is 19.8 Å². The minimum atomic E-state index is 0.0638. The highest BCUT2D eigenvalue weighted by Crippen LogP contribution is 2.25. The summed E-state index contributed by atoms with van der Waals surface area (Å²) in [6, 6.07) is 6.27. The number of aromatic nitrogens is 1. The van der Waals surface area contributed by atoms with Crippen LogP contribution in [0.5, 0.6) is 0 Å². The second-order valence-electron chi connectivity index (χ2n) is 6.48. The van der Waals surface area contributed by atoms with E-state index in [1.165, 1.54) is 30.5 Å². The number of benzene rings is 1. The largest absolute Gasteiger partial charge is 0.358 e. The molecule has 0 radical (unpaired) electrons. The normalized spacial score (nSPS) is 22.4. The summed E-state index contributed by atoms with van der Waals surface area (Å²) in [5.41, 5.74) is 4.27. The molecule has 1 aliphatic carbocycles. The summed E-state index contributed by atoms with van der Waals surface area (Å²) < 4.78 is 0. The number of H-pyrrole nitrogens is 1. The van der Waals surface area contributed by atoms with Crippen LogP contribution >= 0.6 is 0 Å². The van der Waals surface area contributed by atoms with E-state index in [4.69, 9.17) is 0 Å². The van der Waals surface area contributed by atoms with Gasteiger partial charge in [0.2, 0.25) is 0 Å². The number of fused-ring (bicyclic) bond motifs is 1. The first-order valence-corrected chi connectivity index (χ1v) is 7.96. The summed E-state index contributed by atoms with van der Waals surface area (Å²) in [5.74, 6) is 0.650. The molecule has 1 aromatic heterocycles. The molecule has 112 valence electrons. The van der Waals surface area contributed by atoms with Crippen LogP contribution < -0.4 is 5.32 Å². The van der Waals surface area contributed by atoms with Gasteiger partial charge in [0.15, 0.2) is 0 Å². The average molecular weight is 284 g/mol. The van der Waals surface area contributed by atoms with Gasteiger partial charge in [0.1, 0.15) is 0 Å². The number of nitrogens with one attached hydrogen (secondary N) is 2. The molecule has 2 aromatic rings. The van der Waals surface area contributed by atoms with Crippen LogP contribution in [0.25, 0.3) is 10.9 Å². The van der Waals surface area contributed by atoms with Crippen molar-refractivity contribution in [2.24, 2.45) is 5.92 Å². The number of carbonyl (C=O) groups excluding carboxylic acids is 1. The number of hydrogen-bond donors (Lipinski definition) is 2. The van der Waals surface area contributed by atoms with Crippen molar-refractivity contribution < 1.29 is 4.79 Å². The Balaban J connectivity index is 1.82. The Morgan fingerprint density at radius 1 is 1.24 bits per heavy atom. The lowest BCUT2D eigenvalue weighted by atomic mass is 9.86. The average Bonchev–Trinajstić information content (AvgIpc) is 2.76. The molecule has 2 N–H and O–H groups in total. The highest BCUT2D eigenvalue weighted by molar-refractivity contribution is 5.99. The molecule has 3 heteroatoms. The van der Waals surface area contributed by atoms with Gasteiger partial charge in [-0.25, -0.2) is 0 Å². The standard InChI is InChI=1S/C18H24N2O/c1-11-6-4-5-7-16(11)20-18(21)14-8-9-17-15(10-14)12(2)13(3)19-17/h8-11,16,19H,4-7H2,1-3H3,(H,20,21). The van der Waals surface area contributed by atoms with Gasteiger partial charge >= 0.3 is 0 Å². The number of aryl methyl sites for hydroxylation is 2. The molecule has 0 spiro atoms. The SMILES string of the molecule is Cc1[nH]c2ccc(C(=O)NC3CCCCC3C)cc2c1C. The Labute approximate surface area is 126 Å². The maximum atomic E-state index is 12.5. The topological polar surface area (TPSA) is 44.9 Å². The monoisotopic (exact) mass is 284 g/mol. The Morgan fingerprint density at radius 3 is 2.76 bits per heavy atom. The molecule has 2 unspecified atom stereocenters. The highest BCUT2D eigenvalue weighted by Gasteiger charge is 2.23. The molecule has 1 heterocycles. The van der Waals surface area contributed by atoms with E-state index in [1.54, 1.807) is 0 Å². The number of aromatic amines is 1. The zero-order valence-corrected chi connectivity index (χ0v) is 13.1. The lowest BCUT2D eigenvalue weighted by Crippen LogP contribution is -2.41. The molecule has 1 aliphatic rings. The van der Waals surface area contributed by atoms with E-state index >= 15 is 0 Å². The fourth-order valence-electron chi connectivity index (χ4n) is 3.38. The molecule has 1 fully saturated rings. The van der Waals surface area contributed by atoms with Gasteiger partial charge in [-0.05, 0) is 56.4 Å². The van der Waals surface area contributed by atoms with Gasteiger partial charge in [-0.2, -0.15) is 0 Å². The zero-order valence-electron chi connectivity index (χ0n) is 13.1. The molecule has 21 heavy (non-hydrogen) atoms. The van der Waals surface area contributed by atoms with Gasteiger partial charge in [0.25, 0.3) is 5.91 Å². The molecule has 0 bridgehead atoms. The number of rotatable bonds is 2. The molecule has 1 saturated carbocycles. The minimum absolute atomic E-state index is 0.0638. The second-order valence-corrected chi connectivity index (χ2v) is 6.48. The van der Waals surface area contributed by atoms with Gasteiger partial charge in [0.05, 0.1) is 0 Å². The molecular weight excluding hydrogens is 260 g/mol. The first-order chi connectivity index (χ1) is 10.1. The van der Waals surface area contributed by atoms with Crippen LogP contribution in [-0.4, -0.2) is 16.9 Å². The Hall–Kier alpha value is -1.77. The third-order valence-electron chi connectivity index (χ3n) is 5.00. The van der Waals surface area contributed by atoms with Crippen molar-refractivity contribution in [3.05, 3.63) is 35.0 Å². The van der Waals surface area contributed by atoms with Crippen LogP contribution in [0.4, 0.5) is 0 Å². The fraction of sp³-hybridized carbons (Fsp3) is 0.500. The van der Waals surface area contributed by atoms with Gasteiger partial charge < -0.3 is 10.3 Å². The summed E-state index contributed by atoms with van der Waals surface area (Å²) in [6.07, 6.45) is 4.85. The first kappa shape index (κ1) is 14.2. The summed E-state index contributed by atoms with van der Waals surface area (Å²) >= 11 is 0. The van der Waals surface area contributed by atoms with Crippen LogP contribution in [0.2, 0.25) is 0 Å². The Morgan fingerprint density at radius 2 is 2.00 bits per heavy atom. The maximum Gasteiger partial charge on any atom is 0.251 e. The van der Waals surface area contributed by atoms with Crippen LogP contribution in [0.3, 0.4) is 0 Å². The van der Waals surface area contributed by atoms with Crippen molar-refractivity contribution in [1.82, 2.24) is 10.3 Å². The van der Waals surface area contributed by atoms with Gasteiger partial charge in [-0.1, -0.05) is 19.8 Å². The van der Waals surface area contributed by atoms with Crippen molar-refractivity contribution in [3.8, 4) is 0 Å². The molecule has 2 atom stereocenters. The Bertz CT molecular complexity index is 671. The smallest absolute Gasteiger partial charge is 0.251 e. The predicted octanol–water partition coefficient (Wildman–Crippen LogP) is 4.09.